The number of rotatable bonds is 7. The molecule has 0 aliphatic heterocycles. The van der Waals surface area contributed by atoms with Gasteiger partial charge in [-0.25, -0.2) is 0 Å². The van der Waals surface area contributed by atoms with Gasteiger partial charge in [0, 0.05) is 13.0 Å². The topological polar surface area (TPSA) is 68.0 Å². The molecule has 0 aromatic carbocycles. The predicted octanol–water partition coefficient (Wildman–Crippen LogP) is 1.95. The summed E-state index contributed by atoms with van der Waals surface area (Å²) >= 11 is 0. The van der Waals surface area contributed by atoms with Crippen molar-refractivity contribution in [3.05, 3.63) is 11.9 Å². The second-order valence-electron chi connectivity index (χ2n) is 3.64. The van der Waals surface area contributed by atoms with Gasteiger partial charge in [-0.3, -0.25) is 4.68 Å². The molecule has 0 radical (unpaired) electrons. The van der Waals surface area contributed by atoms with Crippen LogP contribution in [0.5, 0.6) is 0 Å². The number of carbonyl (C=O) groups excluding carboxylic acids is 1. The zero-order chi connectivity index (χ0) is 13.1. The van der Waals surface area contributed by atoms with Crippen LogP contribution in [-0.2, 0) is 17.9 Å². The fourth-order valence-corrected chi connectivity index (χ4v) is 1.34. The average Bonchev–Trinajstić information content (AvgIpc) is 2.79. The zero-order valence-corrected chi connectivity index (χ0v) is 11.0. The molecular formula is C12H23N3O2. The van der Waals surface area contributed by atoms with Crippen LogP contribution in [0.15, 0.2) is 6.20 Å². The molecule has 98 valence electrons. The van der Waals surface area contributed by atoms with E-state index in [9.17, 15) is 4.79 Å². The maximum atomic E-state index is 10.7. The van der Waals surface area contributed by atoms with E-state index in [1.807, 2.05) is 13.8 Å². The number of hydrogen-bond acceptors (Lipinski definition) is 4. The Labute approximate surface area is 103 Å². The third kappa shape index (κ3) is 7.63. The minimum absolute atomic E-state index is 0.0651. The number of aliphatic hydroxyl groups is 1. The van der Waals surface area contributed by atoms with E-state index >= 15 is 0 Å². The van der Waals surface area contributed by atoms with E-state index in [1.165, 1.54) is 0 Å². The quantitative estimate of drug-likeness (QED) is 0.741. The number of nitrogens with zero attached hydrogens (tertiary/aromatic N) is 3. The van der Waals surface area contributed by atoms with Gasteiger partial charge in [0.25, 0.3) is 0 Å². The van der Waals surface area contributed by atoms with Gasteiger partial charge in [-0.1, -0.05) is 25.5 Å². The highest BCUT2D eigenvalue weighted by Gasteiger charge is 1.99. The van der Waals surface area contributed by atoms with Crippen LogP contribution in [0.3, 0.4) is 0 Å². The largest absolute Gasteiger partial charge is 0.390 e. The van der Waals surface area contributed by atoms with Crippen LogP contribution in [0.25, 0.3) is 0 Å². The van der Waals surface area contributed by atoms with Crippen LogP contribution in [0, 0.1) is 0 Å². The Morgan fingerprint density at radius 2 is 2.06 bits per heavy atom. The first-order valence-corrected chi connectivity index (χ1v) is 6.21. The smallest absolute Gasteiger partial charge is 0.129 e. The predicted molar refractivity (Wildman–Crippen MR) is 66.4 cm³/mol. The molecule has 0 saturated heterocycles. The maximum absolute atomic E-state index is 10.7. The number of aryl methyl sites for hydroxylation is 1. The van der Waals surface area contributed by atoms with Crippen molar-refractivity contribution in [2.24, 2.45) is 0 Å². The van der Waals surface area contributed by atoms with Gasteiger partial charge in [0.2, 0.25) is 0 Å². The van der Waals surface area contributed by atoms with E-state index in [-0.39, 0.29) is 12.4 Å². The first-order valence-electron chi connectivity index (χ1n) is 6.21. The number of carbonyl (C=O) groups is 1. The highest BCUT2D eigenvalue weighted by molar-refractivity contribution is 5.75. The van der Waals surface area contributed by atoms with Crippen LogP contribution in [0.2, 0.25) is 0 Å². The van der Waals surface area contributed by atoms with Gasteiger partial charge in [-0.05, 0) is 19.8 Å². The standard InChI is InChI=1S/C10H17N3O2.C2H6/c1-9(15)5-3-2-4-6-13-7-10(8-14)11-12-13;1-2/h7,14H,2-6,8H2,1H3;1-2H3. The normalized spacial score (nSPS) is 9.65. The van der Waals surface area contributed by atoms with Crippen LogP contribution in [-0.4, -0.2) is 25.9 Å². The lowest BCUT2D eigenvalue weighted by molar-refractivity contribution is -0.117. The van der Waals surface area contributed by atoms with E-state index in [0.29, 0.717) is 12.1 Å². The third-order valence-electron chi connectivity index (χ3n) is 2.16. The minimum Gasteiger partial charge on any atom is -0.390 e. The molecule has 1 heterocycles. The van der Waals surface area contributed by atoms with Crippen molar-refractivity contribution in [2.45, 2.75) is 59.6 Å². The second kappa shape index (κ2) is 9.96. The molecule has 0 aliphatic carbocycles. The number of unbranched alkanes of at least 4 members (excludes halogenated alkanes) is 2. The minimum atomic E-state index is -0.0651. The zero-order valence-electron chi connectivity index (χ0n) is 11.0. The summed E-state index contributed by atoms with van der Waals surface area (Å²) in [5.41, 5.74) is 0.596. The summed E-state index contributed by atoms with van der Waals surface area (Å²) in [4.78, 5) is 10.7. The molecule has 0 unspecified atom stereocenters. The Hall–Kier alpha value is -1.23. The fraction of sp³-hybridized carbons (Fsp3) is 0.750. The fourth-order valence-electron chi connectivity index (χ4n) is 1.34. The summed E-state index contributed by atoms with van der Waals surface area (Å²) in [7, 11) is 0. The van der Waals surface area contributed by atoms with Gasteiger partial charge in [-0.2, -0.15) is 0 Å². The molecule has 0 amide bonds. The Balaban J connectivity index is 0.00000121. The summed E-state index contributed by atoms with van der Waals surface area (Å²) in [5, 5.41) is 16.4. The monoisotopic (exact) mass is 241 g/mol. The van der Waals surface area contributed by atoms with E-state index in [4.69, 9.17) is 5.11 Å². The molecule has 5 heteroatoms. The van der Waals surface area contributed by atoms with Crippen molar-refractivity contribution in [3.63, 3.8) is 0 Å². The van der Waals surface area contributed by atoms with Crippen LogP contribution < -0.4 is 0 Å². The molecule has 0 spiro atoms. The number of aromatic nitrogens is 3. The van der Waals surface area contributed by atoms with Crippen molar-refractivity contribution >= 4 is 5.78 Å². The Morgan fingerprint density at radius 1 is 1.35 bits per heavy atom. The van der Waals surface area contributed by atoms with E-state index in [1.54, 1.807) is 17.8 Å². The molecular weight excluding hydrogens is 218 g/mol. The van der Waals surface area contributed by atoms with E-state index < -0.39 is 0 Å². The van der Waals surface area contributed by atoms with Gasteiger partial charge in [-0.15, -0.1) is 5.10 Å². The summed E-state index contributed by atoms with van der Waals surface area (Å²) < 4.78 is 1.72. The molecule has 0 bridgehead atoms. The number of Topliss-reactive ketones (excluding diaryl/α,β-unsaturated/α-hetero) is 1. The van der Waals surface area contributed by atoms with Crippen LogP contribution >= 0.6 is 0 Å². The molecule has 1 rings (SSSR count). The number of hydrogen-bond donors (Lipinski definition) is 1. The van der Waals surface area contributed by atoms with Gasteiger partial charge < -0.3 is 9.90 Å². The highest BCUT2D eigenvalue weighted by Crippen LogP contribution is 2.02. The molecule has 5 nitrogen and oxygen atoms in total. The number of ketones is 1. The highest BCUT2D eigenvalue weighted by atomic mass is 16.3. The average molecular weight is 241 g/mol. The molecule has 1 N–H and O–H groups in total. The molecule has 0 fully saturated rings. The Kier molecular flexibility index (Phi) is 9.24. The first-order chi connectivity index (χ1) is 8.22. The lowest BCUT2D eigenvalue weighted by atomic mass is 10.1. The molecule has 1 aromatic rings. The van der Waals surface area contributed by atoms with Crippen molar-refractivity contribution < 1.29 is 9.90 Å². The molecule has 17 heavy (non-hydrogen) atoms. The van der Waals surface area contributed by atoms with Crippen molar-refractivity contribution in [1.82, 2.24) is 15.0 Å². The van der Waals surface area contributed by atoms with Gasteiger partial charge >= 0.3 is 0 Å². The molecule has 1 aromatic heterocycles. The number of aliphatic hydroxyl groups excluding tert-OH is 1. The molecule has 0 aliphatic rings. The molecule has 0 saturated carbocycles. The first kappa shape index (κ1) is 15.8. The van der Waals surface area contributed by atoms with Crippen molar-refractivity contribution in [3.8, 4) is 0 Å². The van der Waals surface area contributed by atoms with Crippen LogP contribution in [0.4, 0.5) is 0 Å². The van der Waals surface area contributed by atoms with Crippen molar-refractivity contribution in [1.29, 1.82) is 0 Å². The Morgan fingerprint density at radius 3 is 2.59 bits per heavy atom. The SMILES string of the molecule is CC.CC(=O)CCCCCn1cc(CO)nn1. The lowest BCUT2D eigenvalue weighted by Gasteiger charge is -1.99. The van der Waals surface area contributed by atoms with Crippen LogP contribution in [0.1, 0.15) is 52.1 Å². The van der Waals surface area contributed by atoms with E-state index in [2.05, 4.69) is 10.3 Å². The summed E-state index contributed by atoms with van der Waals surface area (Å²) in [6, 6.07) is 0. The summed E-state index contributed by atoms with van der Waals surface area (Å²) in [5.74, 6) is 0.248. The van der Waals surface area contributed by atoms with Gasteiger partial charge in [0.05, 0.1) is 12.8 Å². The molecule has 0 atom stereocenters. The van der Waals surface area contributed by atoms with E-state index in [0.717, 1.165) is 25.8 Å². The summed E-state index contributed by atoms with van der Waals surface area (Å²) in [6.07, 6.45) is 5.36. The maximum Gasteiger partial charge on any atom is 0.129 e. The van der Waals surface area contributed by atoms with Gasteiger partial charge in [0.1, 0.15) is 11.5 Å². The van der Waals surface area contributed by atoms with Gasteiger partial charge in [0.15, 0.2) is 0 Å². The van der Waals surface area contributed by atoms with Crippen molar-refractivity contribution in [2.75, 3.05) is 0 Å². The second-order valence-corrected chi connectivity index (χ2v) is 3.64. The summed E-state index contributed by atoms with van der Waals surface area (Å²) in [6.45, 7) is 6.35. The third-order valence-corrected chi connectivity index (χ3v) is 2.16. The lowest BCUT2D eigenvalue weighted by Crippen LogP contribution is -1.99. The Bertz CT molecular complexity index is 310.